The van der Waals surface area contributed by atoms with Crippen molar-refractivity contribution in [2.24, 2.45) is 34.5 Å². The van der Waals surface area contributed by atoms with Crippen molar-refractivity contribution >= 4 is 5.78 Å². The molecule has 0 aromatic rings. The van der Waals surface area contributed by atoms with Crippen LogP contribution < -0.4 is 0 Å². The van der Waals surface area contributed by atoms with Crippen molar-refractivity contribution in [2.45, 2.75) is 114 Å². The van der Waals surface area contributed by atoms with E-state index in [4.69, 9.17) is 30.6 Å². The summed E-state index contributed by atoms with van der Waals surface area (Å²) in [6.07, 6.45) is 0.201. The van der Waals surface area contributed by atoms with E-state index in [1.54, 1.807) is 0 Å². The summed E-state index contributed by atoms with van der Waals surface area (Å²) in [5.41, 5.74) is 0.598. The number of Topliss-reactive ketones (excluding diaryl/α,β-unsaturated/α-hetero) is 1. The standard InChI is InChI=1S/C19H30O2.C6H12O6/c1-18-9-7-13(20)11-12(18)3-4-14-15-5-6-17(21)19(15,2)10-8-16(14)18;7-1-2(8)4(10)6(12)5(11)3(1)9/h12,14-17,21H,3-11H2,1-2H3;1-12H/t12-,14-,15-,16-,17-,18-,19-;/m0./s1. The molecule has 0 saturated heterocycles. The molecule has 8 nitrogen and oxygen atoms in total. The van der Waals surface area contributed by atoms with Gasteiger partial charge in [-0.25, -0.2) is 0 Å². The Morgan fingerprint density at radius 1 is 0.636 bits per heavy atom. The third kappa shape index (κ3) is 4.09. The maximum Gasteiger partial charge on any atom is 0.133 e. The van der Waals surface area contributed by atoms with Gasteiger partial charge >= 0.3 is 0 Å². The van der Waals surface area contributed by atoms with Crippen molar-refractivity contribution in [1.29, 1.82) is 0 Å². The molecule has 33 heavy (non-hydrogen) atoms. The van der Waals surface area contributed by atoms with Crippen molar-refractivity contribution < 1.29 is 40.5 Å². The van der Waals surface area contributed by atoms with Gasteiger partial charge in [-0.15, -0.1) is 0 Å². The third-order valence-corrected chi connectivity index (χ3v) is 10.5. The van der Waals surface area contributed by atoms with E-state index in [0.29, 0.717) is 17.1 Å². The Labute approximate surface area is 195 Å². The maximum absolute atomic E-state index is 11.9. The summed E-state index contributed by atoms with van der Waals surface area (Å²) < 4.78 is 0. The van der Waals surface area contributed by atoms with Gasteiger partial charge in [-0.05, 0) is 79.4 Å². The Morgan fingerprint density at radius 3 is 1.70 bits per heavy atom. The van der Waals surface area contributed by atoms with E-state index in [-0.39, 0.29) is 11.5 Å². The average molecular weight is 471 g/mol. The van der Waals surface area contributed by atoms with Gasteiger partial charge in [-0.2, -0.15) is 0 Å². The number of ketones is 1. The molecule has 0 radical (unpaired) electrons. The average Bonchev–Trinajstić information content (AvgIpc) is 3.10. The maximum atomic E-state index is 11.9. The minimum atomic E-state index is -1.64. The van der Waals surface area contributed by atoms with Gasteiger partial charge in [0, 0.05) is 12.8 Å². The molecule has 0 amide bonds. The molecule has 190 valence electrons. The van der Waals surface area contributed by atoms with Gasteiger partial charge in [-0.1, -0.05) is 13.8 Å². The molecule has 5 saturated carbocycles. The summed E-state index contributed by atoms with van der Waals surface area (Å²) in [5, 5.41) is 64.3. The molecular formula is C25H42O8. The highest BCUT2D eigenvalue weighted by molar-refractivity contribution is 5.79. The first-order valence-electron chi connectivity index (χ1n) is 12.7. The minimum absolute atomic E-state index is 0.0677. The van der Waals surface area contributed by atoms with Gasteiger partial charge in [0.15, 0.2) is 0 Å². The molecule has 5 aliphatic rings. The Hall–Kier alpha value is -0.610. The lowest BCUT2D eigenvalue weighted by Crippen LogP contribution is -2.63. The number of hydrogen-bond donors (Lipinski definition) is 7. The van der Waals surface area contributed by atoms with Crippen LogP contribution in [0, 0.1) is 34.5 Å². The van der Waals surface area contributed by atoms with Crippen LogP contribution in [-0.2, 0) is 4.79 Å². The number of carbonyl (C=O) groups is 1. The highest BCUT2D eigenvalue weighted by Gasteiger charge is 2.60. The van der Waals surface area contributed by atoms with Crippen LogP contribution in [0.4, 0.5) is 0 Å². The SMILES string of the molecule is C[C@]12CCC(=O)C[C@@H]1CC[C@@H]1[C@@H]2CC[C@]2(C)[C@@H](O)CC[C@@H]12.OC1C(O)C(O)C(O)C(O)C1O. The fraction of sp³-hybridized carbons (Fsp3) is 0.960. The van der Waals surface area contributed by atoms with Crippen molar-refractivity contribution in [3.05, 3.63) is 0 Å². The zero-order chi connectivity index (χ0) is 24.3. The molecule has 0 bridgehead atoms. The van der Waals surface area contributed by atoms with Crippen LogP contribution in [-0.4, -0.2) is 84.3 Å². The zero-order valence-corrected chi connectivity index (χ0v) is 19.8. The second-order valence-electron chi connectivity index (χ2n) is 12.0. The van der Waals surface area contributed by atoms with E-state index in [1.807, 2.05) is 0 Å². The van der Waals surface area contributed by atoms with E-state index in [1.165, 1.54) is 32.1 Å². The quantitative estimate of drug-likeness (QED) is 0.263. The van der Waals surface area contributed by atoms with E-state index in [0.717, 1.165) is 43.4 Å². The predicted molar refractivity (Wildman–Crippen MR) is 119 cm³/mol. The molecule has 5 rings (SSSR count). The lowest BCUT2D eigenvalue weighted by Gasteiger charge is -2.60. The number of aliphatic hydroxyl groups excluding tert-OH is 7. The second kappa shape index (κ2) is 9.12. The smallest absolute Gasteiger partial charge is 0.133 e. The van der Waals surface area contributed by atoms with Crippen molar-refractivity contribution in [1.82, 2.24) is 0 Å². The van der Waals surface area contributed by atoms with E-state index in [2.05, 4.69) is 13.8 Å². The number of hydrogen-bond acceptors (Lipinski definition) is 8. The van der Waals surface area contributed by atoms with Crippen molar-refractivity contribution in [3.8, 4) is 0 Å². The molecule has 5 aliphatic carbocycles. The monoisotopic (exact) mass is 470 g/mol. The highest BCUT2D eigenvalue weighted by Crippen LogP contribution is 2.65. The molecule has 7 N–H and O–H groups in total. The van der Waals surface area contributed by atoms with E-state index in [9.17, 15) is 9.90 Å². The van der Waals surface area contributed by atoms with E-state index >= 15 is 0 Å². The lowest BCUT2D eigenvalue weighted by molar-refractivity contribution is -0.223. The number of fused-ring (bicyclic) bond motifs is 5. The van der Waals surface area contributed by atoms with Crippen LogP contribution in [0.25, 0.3) is 0 Å². The molecular weight excluding hydrogens is 428 g/mol. The fourth-order valence-electron chi connectivity index (χ4n) is 8.23. The number of aliphatic hydroxyl groups is 7. The largest absolute Gasteiger partial charge is 0.393 e. The van der Waals surface area contributed by atoms with Crippen LogP contribution >= 0.6 is 0 Å². The number of carbonyl (C=O) groups excluding carboxylic acids is 1. The Balaban J connectivity index is 0.000000185. The Bertz CT molecular complexity index is 673. The van der Waals surface area contributed by atoms with Crippen LogP contribution in [0.3, 0.4) is 0 Å². The highest BCUT2D eigenvalue weighted by atomic mass is 16.4. The molecule has 5 fully saturated rings. The summed E-state index contributed by atoms with van der Waals surface area (Å²) in [5.74, 6) is 3.52. The molecule has 0 aliphatic heterocycles. The van der Waals surface area contributed by atoms with E-state index < -0.39 is 36.6 Å². The first-order valence-corrected chi connectivity index (χ1v) is 12.7. The van der Waals surface area contributed by atoms with Crippen LogP contribution in [0.1, 0.15) is 71.6 Å². The summed E-state index contributed by atoms with van der Waals surface area (Å²) >= 11 is 0. The van der Waals surface area contributed by atoms with Gasteiger partial charge in [0.25, 0.3) is 0 Å². The van der Waals surface area contributed by atoms with Crippen LogP contribution in [0.5, 0.6) is 0 Å². The van der Waals surface area contributed by atoms with Gasteiger partial charge in [-0.3, -0.25) is 4.79 Å². The molecule has 0 unspecified atom stereocenters. The first kappa shape index (κ1) is 25.5. The first-order chi connectivity index (χ1) is 15.4. The second-order valence-corrected chi connectivity index (χ2v) is 12.0. The molecule has 7 atom stereocenters. The zero-order valence-electron chi connectivity index (χ0n) is 19.8. The topological polar surface area (TPSA) is 159 Å². The summed E-state index contributed by atoms with van der Waals surface area (Å²) in [4.78, 5) is 11.9. The van der Waals surface area contributed by atoms with Crippen LogP contribution in [0.2, 0.25) is 0 Å². The molecule has 0 aromatic carbocycles. The Kier molecular flexibility index (Phi) is 7.04. The summed E-state index contributed by atoms with van der Waals surface area (Å²) in [6, 6.07) is 0. The predicted octanol–water partition coefficient (Wildman–Crippen LogP) is 0.124. The van der Waals surface area contributed by atoms with Gasteiger partial charge in [0.05, 0.1) is 6.10 Å². The van der Waals surface area contributed by atoms with Crippen LogP contribution in [0.15, 0.2) is 0 Å². The fourth-order valence-corrected chi connectivity index (χ4v) is 8.23. The lowest BCUT2D eigenvalue weighted by atomic mass is 9.45. The van der Waals surface area contributed by atoms with Crippen molar-refractivity contribution in [2.75, 3.05) is 0 Å². The molecule has 8 heteroatoms. The molecule has 0 spiro atoms. The number of rotatable bonds is 0. The van der Waals surface area contributed by atoms with Gasteiger partial charge in [0.2, 0.25) is 0 Å². The summed E-state index contributed by atoms with van der Waals surface area (Å²) in [7, 11) is 0. The molecule has 0 heterocycles. The molecule has 0 aromatic heterocycles. The van der Waals surface area contributed by atoms with Crippen molar-refractivity contribution in [3.63, 3.8) is 0 Å². The Morgan fingerprint density at radius 2 is 1.15 bits per heavy atom. The van der Waals surface area contributed by atoms with Gasteiger partial charge in [0.1, 0.15) is 42.4 Å². The third-order valence-electron chi connectivity index (χ3n) is 10.5. The summed E-state index contributed by atoms with van der Waals surface area (Å²) in [6.45, 7) is 4.85. The minimum Gasteiger partial charge on any atom is -0.393 e. The van der Waals surface area contributed by atoms with Gasteiger partial charge < -0.3 is 35.7 Å². The normalized spacial score (nSPS) is 56.2.